The van der Waals surface area contributed by atoms with Crippen molar-refractivity contribution in [2.75, 3.05) is 6.61 Å². The van der Waals surface area contributed by atoms with Crippen molar-refractivity contribution in [3.8, 4) is 11.5 Å². The molecule has 3 nitrogen and oxygen atoms in total. The second-order valence-corrected chi connectivity index (χ2v) is 7.01. The average Bonchev–Trinajstić information content (AvgIpc) is 2.62. The number of esters is 1. The largest absolute Gasteiger partial charge is 0.494 e. The molecule has 1 aromatic rings. The number of carbonyl (C=O) groups is 1. The van der Waals surface area contributed by atoms with E-state index in [1.165, 1.54) is 19.3 Å². The standard InChI is InChI=1S/C21H32O3/c1-3-5-7-14-21(15-8-6-9-16-21)20(22)24-19-12-10-18(11-13-19)23-17-4-2/h10-13H,3-9,14-17H2,1-2H3. The average molecular weight is 332 g/mol. The molecular weight excluding hydrogens is 300 g/mol. The van der Waals surface area contributed by atoms with Crippen LogP contribution in [0.4, 0.5) is 0 Å². The molecule has 1 saturated carbocycles. The molecule has 1 aliphatic carbocycles. The molecule has 0 aromatic heterocycles. The molecule has 3 heteroatoms. The van der Waals surface area contributed by atoms with Crippen molar-refractivity contribution < 1.29 is 14.3 Å². The second-order valence-electron chi connectivity index (χ2n) is 7.01. The van der Waals surface area contributed by atoms with Crippen LogP contribution in [0.5, 0.6) is 11.5 Å². The van der Waals surface area contributed by atoms with Gasteiger partial charge in [-0.05, 0) is 49.9 Å². The van der Waals surface area contributed by atoms with Gasteiger partial charge in [0.25, 0.3) is 0 Å². The number of rotatable bonds is 9. The summed E-state index contributed by atoms with van der Waals surface area (Å²) in [5.74, 6) is 1.43. The van der Waals surface area contributed by atoms with Gasteiger partial charge in [-0.2, -0.15) is 0 Å². The summed E-state index contributed by atoms with van der Waals surface area (Å²) in [4.78, 5) is 12.9. The van der Waals surface area contributed by atoms with Gasteiger partial charge in [-0.3, -0.25) is 4.79 Å². The fourth-order valence-electron chi connectivity index (χ4n) is 3.54. The lowest BCUT2D eigenvalue weighted by Crippen LogP contribution is -2.37. The molecule has 24 heavy (non-hydrogen) atoms. The molecule has 0 unspecified atom stereocenters. The highest BCUT2D eigenvalue weighted by Gasteiger charge is 2.40. The quantitative estimate of drug-likeness (QED) is 0.320. The monoisotopic (exact) mass is 332 g/mol. The Bertz CT molecular complexity index is 486. The van der Waals surface area contributed by atoms with E-state index in [1.54, 1.807) is 0 Å². The van der Waals surface area contributed by atoms with Crippen LogP contribution >= 0.6 is 0 Å². The van der Waals surface area contributed by atoms with Crippen LogP contribution in [0, 0.1) is 5.41 Å². The molecule has 2 rings (SSSR count). The lowest BCUT2D eigenvalue weighted by Gasteiger charge is -2.35. The fraction of sp³-hybridized carbons (Fsp3) is 0.667. The van der Waals surface area contributed by atoms with Crippen LogP contribution in [-0.4, -0.2) is 12.6 Å². The van der Waals surface area contributed by atoms with E-state index >= 15 is 0 Å². The Morgan fingerprint density at radius 3 is 2.25 bits per heavy atom. The Morgan fingerprint density at radius 1 is 0.958 bits per heavy atom. The maximum absolute atomic E-state index is 12.9. The highest BCUT2D eigenvalue weighted by molar-refractivity contribution is 5.79. The lowest BCUT2D eigenvalue weighted by atomic mass is 9.71. The van der Waals surface area contributed by atoms with Crippen LogP contribution in [0.3, 0.4) is 0 Å². The van der Waals surface area contributed by atoms with Gasteiger partial charge in [0.15, 0.2) is 0 Å². The Morgan fingerprint density at radius 2 is 1.62 bits per heavy atom. The van der Waals surface area contributed by atoms with Gasteiger partial charge in [0.2, 0.25) is 0 Å². The smallest absolute Gasteiger partial charge is 0.317 e. The summed E-state index contributed by atoms with van der Waals surface area (Å²) in [5.41, 5.74) is -0.259. The van der Waals surface area contributed by atoms with Gasteiger partial charge in [0.1, 0.15) is 11.5 Å². The molecule has 0 bridgehead atoms. The van der Waals surface area contributed by atoms with Crippen LogP contribution < -0.4 is 9.47 Å². The molecule has 1 fully saturated rings. The molecule has 0 N–H and O–H groups in total. The first-order valence-corrected chi connectivity index (χ1v) is 9.65. The third kappa shape index (κ3) is 5.25. The molecule has 0 heterocycles. The van der Waals surface area contributed by atoms with Crippen molar-refractivity contribution in [1.82, 2.24) is 0 Å². The normalized spacial score (nSPS) is 16.6. The molecule has 134 valence electrons. The Hall–Kier alpha value is -1.51. The van der Waals surface area contributed by atoms with Crippen LogP contribution in [0.2, 0.25) is 0 Å². The van der Waals surface area contributed by atoms with E-state index < -0.39 is 0 Å². The summed E-state index contributed by atoms with van der Waals surface area (Å²) in [6, 6.07) is 7.43. The minimum Gasteiger partial charge on any atom is -0.494 e. The van der Waals surface area contributed by atoms with Gasteiger partial charge < -0.3 is 9.47 Å². The third-order valence-corrected chi connectivity index (χ3v) is 5.01. The zero-order chi connectivity index (χ0) is 17.3. The zero-order valence-electron chi connectivity index (χ0n) is 15.3. The highest BCUT2D eigenvalue weighted by Crippen LogP contribution is 2.42. The SMILES string of the molecule is CCCCCC1(C(=O)Oc2ccc(OCCC)cc2)CCCCC1. The van der Waals surface area contributed by atoms with E-state index in [2.05, 4.69) is 13.8 Å². The van der Waals surface area contributed by atoms with Gasteiger partial charge in [-0.1, -0.05) is 52.4 Å². The number of hydrogen-bond acceptors (Lipinski definition) is 3. The van der Waals surface area contributed by atoms with Crippen LogP contribution in [0.1, 0.15) is 78.1 Å². The van der Waals surface area contributed by atoms with Gasteiger partial charge in [0.05, 0.1) is 12.0 Å². The number of unbranched alkanes of at least 4 members (excludes halogenated alkanes) is 2. The fourth-order valence-corrected chi connectivity index (χ4v) is 3.54. The van der Waals surface area contributed by atoms with Gasteiger partial charge >= 0.3 is 5.97 Å². The Balaban J connectivity index is 1.98. The van der Waals surface area contributed by atoms with E-state index in [1.807, 2.05) is 24.3 Å². The van der Waals surface area contributed by atoms with Gasteiger partial charge in [-0.15, -0.1) is 0 Å². The minimum absolute atomic E-state index is 0.0273. The van der Waals surface area contributed by atoms with Crippen molar-refractivity contribution in [2.45, 2.75) is 78.1 Å². The molecule has 0 amide bonds. The van der Waals surface area contributed by atoms with E-state index in [0.29, 0.717) is 12.4 Å². The van der Waals surface area contributed by atoms with Crippen molar-refractivity contribution in [3.63, 3.8) is 0 Å². The molecule has 0 radical (unpaired) electrons. The van der Waals surface area contributed by atoms with Crippen LogP contribution in [0.25, 0.3) is 0 Å². The molecule has 0 atom stereocenters. The van der Waals surface area contributed by atoms with Crippen molar-refractivity contribution >= 4 is 5.97 Å². The predicted octanol–water partition coefficient (Wildman–Crippen LogP) is 5.91. The zero-order valence-corrected chi connectivity index (χ0v) is 15.3. The molecule has 1 aromatic carbocycles. The molecule has 0 spiro atoms. The van der Waals surface area contributed by atoms with Crippen molar-refractivity contribution in [2.24, 2.45) is 5.41 Å². The van der Waals surface area contributed by atoms with Crippen LogP contribution in [-0.2, 0) is 4.79 Å². The number of ether oxygens (including phenoxy) is 2. The first-order chi connectivity index (χ1) is 11.7. The lowest BCUT2D eigenvalue weighted by molar-refractivity contribution is -0.148. The first kappa shape index (κ1) is 18.8. The number of hydrogen-bond donors (Lipinski definition) is 0. The predicted molar refractivity (Wildman–Crippen MR) is 97.5 cm³/mol. The van der Waals surface area contributed by atoms with E-state index in [-0.39, 0.29) is 11.4 Å². The Kier molecular flexibility index (Phi) is 7.61. The van der Waals surface area contributed by atoms with Gasteiger partial charge in [0, 0.05) is 0 Å². The molecule has 0 saturated heterocycles. The second kappa shape index (κ2) is 9.71. The molecule has 0 aliphatic heterocycles. The van der Waals surface area contributed by atoms with Crippen molar-refractivity contribution in [3.05, 3.63) is 24.3 Å². The van der Waals surface area contributed by atoms with Gasteiger partial charge in [-0.25, -0.2) is 0 Å². The maximum atomic E-state index is 12.9. The summed E-state index contributed by atoms with van der Waals surface area (Å²) in [7, 11) is 0. The first-order valence-electron chi connectivity index (χ1n) is 9.65. The summed E-state index contributed by atoms with van der Waals surface area (Å²) in [5, 5.41) is 0. The summed E-state index contributed by atoms with van der Waals surface area (Å²) in [6.45, 7) is 4.99. The maximum Gasteiger partial charge on any atom is 0.317 e. The van der Waals surface area contributed by atoms with E-state index in [4.69, 9.17) is 9.47 Å². The molecule has 1 aliphatic rings. The topological polar surface area (TPSA) is 35.5 Å². The summed E-state index contributed by atoms with van der Waals surface area (Å²) < 4.78 is 11.3. The number of benzene rings is 1. The van der Waals surface area contributed by atoms with Crippen LogP contribution in [0.15, 0.2) is 24.3 Å². The van der Waals surface area contributed by atoms with E-state index in [9.17, 15) is 4.79 Å². The third-order valence-electron chi connectivity index (χ3n) is 5.01. The number of carbonyl (C=O) groups excluding carboxylic acids is 1. The highest BCUT2D eigenvalue weighted by atomic mass is 16.5. The minimum atomic E-state index is -0.259. The van der Waals surface area contributed by atoms with Crippen molar-refractivity contribution in [1.29, 1.82) is 0 Å². The summed E-state index contributed by atoms with van der Waals surface area (Å²) >= 11 is 0. The summed E-state index contributed by atoms with van der Waals surface area (Å²) in [6.07, 6.45) is 10.9. The van der Waals surface area contributed by atoms with E-state index in [0.717, 1.165) is 50.7 Å². The Labute approximate surface area is 146 Å². The molecular formula is C21H32O3.